The number of rotatable bonds is 18. The second kappa shape index (κ2) is 19.8. The van der Waals surface area contributed by atoms with Crippen molar-refractivity contribution in [2.75, 3.05) is 12.3 Å². The molecule has 0 bridgehead atoms. The fourth-order valence-electron chi connectivity index (χ4n) is 2.95. The Balaban J connectivity index is 3.07. The topological polar surface area (TPSA) is 0 Å². The van der Waals surface area contributed by atoms with Gasteiger partial charge in [-0.3, -0.25) is 0 Å². The zero-order chi connectivity index (χ0) is 16.3. The maximum atomic E-state index is 6.46. The van der Waals surface area contributed by atoms with Crippen LogP contribution in [0.25, 0.3) is 0 Å². The highest BCUT2D eigenvalue weighted by molar-refractivity contribution is 7.83. The van der Waals surface area contributed by atoms with Crippen LogP contribution in [-0.4, -0.2) is 12.3 Å². The molecule has 0 radical (unpaired) electrons. The number of unbranched alkanes of at least 4 members (excludes halogenated alkanes) is 14. The van der Waals surface area contributed by atoms with Crippen LogP contribution in [0.2, 0.25) is 0 Å². The fourth-order valence-corrected chi connectivity index (χ4v) is 5.02. The molecular formula is C20H42ClP. The predicted octanol–water partition coefficient (Wildman–Crippen LogP) is 8.90. The zero-order valence-electron chi connectivity index (χ0n) is 15.6. The maximum absolute atomic E-state index is 6.46. The quantitative estimate of drug-likeness (QED) is 0.171. The molecule has 0 fully saturated rings. The van der Waals surface area contributed by atoms with E-state index < -0.39 is 0 Å². The summed E-state index contributed by atoms with van der Waals surface area (Å²) in [5.74, 6) is 0. The second-order valence-electron chi connectivity index (χ2n) is 6.86. The van der Waals surface area contributed by atoms with Gasteiger partial charge in [0.05, 0.1) is 0 Å². The number of hydrogen-bond acceptors (Lipinski definition) is 0. The van der Waals surface area contributed by atoms with Crippen molar-refractivity contribution in [3.05, 3.63) is 0 Å². The van der Waals surface area contributed by atoms with Gasteiger partial charge in [-0.1, -0.05) is 115 Å². The van der Waals surface area contributed by atoms with Crippen molar-refractivity contribution in [3.63, 3.8) is 0 Å². The van der Waals surface area contributed by atoms with Crippen LogP contribution in [0, 0.1) is 0 Å². The molecule has 0 aliphatic rings. The van der Waals surface area contributed by atoms with Crippen LogP contribution in [-0.2, 0) is 0 Å². The summed E-state index contributed by atoms with van der Waals surface area (Å²) in [7, 11) is -0.163. The van der Waals surface area contributed by atoms with Crippen molar-refractivity contribution in [1.29, 1.82) is 0 Å². The lowest BCUT2D eigenvalue weighted by Gasteiger charge is -2.09. The lowest BCUT2D eigenvalue weighted by atomic mass is 10.1. The molecule has 0 aromatic heterocycles. The molecule has 0 aliphatic carbocycles. The Kier molecular flexibility index (Phi) is 20.4. The maximum Gasteiger partial charge on any atom is -0.00973 e. The van der Waals surface area contributed by atoms with Gasteiger partial charge in [-0.25, -0.2) is 0 Å². The van der Waals surface area contributed by atoms with Crippen LogP contribution in [0.5, 0.6) is 0 Å². The fraction of sp³-hybridized carbons (Fsp3) is 1.00. The zero-order valence-corrected chi connectivity index (χ0v) is 17.2. The summed E-state index contributed by atoms with van der Waals surface area (Å²) >= 11 is 6.46. The van der Waals surface area contributed by atoms with Gasteiger partial charge in [0, 0.05) is 0 Å². The molecule has 1 unspecified atom stereocenters. The minimum Gasteiger partial charge on any atom is -0.0964 e. The highest BCUT2D eigenvalue weighted by Gasteiger charge is 2.03. The van der Waals surface area contributed by atoms with Crippen LogP contribution in [0.3, 0.4) is 0 Å². The minimum atomic E-state index is -0.163. The van der Waals surface area contributed by atoms with E-state index in [4.69, 9.17) is 11.2 Å². The van der Waals surface area contributed by atoms with E-state index in [1.807, 2.05) is 0 Å². The third-order valence-electron chi connectivity index (χ3n) is 4.51. The van der Waals surface area contributed by atoms with Gasteiger partial charge in [-0.15, -0.1) is 0 Å². The van der Waals surface area contributed by atoms with E-state index in [2.05, 4.69) is 13.8 Å². The summed E-state index contributed by atoms with van der Waals surface area (Å²) in [6.07, 6.45) is 25.3. The molecule has 0 aliphatic heterocycles. The molecule has 0 saturated carbocycles. The van der Waals surface area contributed by atoms with Gasteiger partial charge in [0.25, 0.3) is 0 Å². The third kappa shape index (κ3) is 18.8. The monoisotopic (exact) mass is 348 g/mol. The summed E-state index contributed by atoms with van der Waals surface area (Å²) in [5.41, 5.74) is 0. The van der Waals surface area contributed by atoms with E-state index in [-0.39, 0.29) is 7.27 Å². The molecule has 2 heteroatoms. The van der Waals surface area contributed by atoms with Gasteiger partial charge in [0.1, 0.15) is 0 Å². The molecule has 0 spiro atoms. The normalized spacial score (nSPS) is 12.7. The number of halogens is 1. The summed E-state index contributed by atoms with van der Waals surface area (Å²) in [5, 5.41) is 0. The van der Waals surface area contributed by atoms with Gasteiger partial charge < -0.3 is 0 Å². The second-order valence-corrected chi connectivity index (χ2v) is 10.1. The van der Waals surface area contributed by atoms with Crippen molar-refractivity contribution in [1.82, 2.24) is 0 Å². The van der Waals surface area contributed by atoms with Crippen molar-refractivity contribution in [2.45, 2.75) is 117 Å². The van der Waals surface area contributed by atoms with Crippen molar-refractivity contribution >= 4 is 18.5 Å². The predicted molar refractivity (Wildman–Crippen MR) is 108 cm³/mol. The van der Waals surface area contributed by atoms with Crippen LogP contribution in [0.4, 0.5) is 0 Å². The SMILES string of the molecule is CCCCCCCCCCCCCCP(Cl)CCCCCC. The van der Waals surface area contributed by atoms with E-state index in [1.54, 1.807) is 0 Å². The first-order chi connectivity index (χ1) is 10.8. The van der Waals surface area contributed by atoms with Gasteiger partial charge >= 0.3 is 0 Å². The van der Waals surface area contributed by atoms with E-state index >= 15 is 0 Å². The molecule has 0 aromatic rings. The minimum absolute atomic E-state index is 0.163. The Bertz CT molecular complexity index is 196. The van der Waals surface area contributed by atoms with Gasteiger partial charge in [0.15, 0.2) is 0 Å². The van der Waals surface area contributed by atoms with E-state index in [1.165, 1.54) is 115 Å². The summed E-state index contributed by atoms with van der Waals surface area (Å²) in [4.78, 5) is 0. The standard InChI is InChI=1S/C20H42ClP/c1-3-5-7-9-10-11-12-13-14-15-16-18-20-22(21)19-17-8-6-4-2/h3-20H2,1-2H3. The Hall–Kier alpha value is 0.720. The van der Waals surface area contributed by atoms with Gasteiger partial charge in [0.2, 0.25) is 0 Å². The van der Waals surface area contributed by atoms with E-state index in [0.29, 0.717) is 0 Å². The molecule has 0 amide bonds. The first kappa shape index (κ1) is 22.7. The molecule has 134 valence electrons. The summed E-state index contributed by atoms with van der Waals surface area (Å²) in [6, 6.07) is 0. The molecule has 0 aromatic carbocycles. The van der Waals surface area contributed by atoms with E-state index in [0.717, 1.165) is 0 Å². The molecule has 0 saturated heterocycles. The highest BCUT2D eigenvalue weighted by atomic mass is 35.7. The van der Waals surface area contributed by atoms with Crippen LogP contribution in [0.1, 0.15) is 117 Å². The van der Waals surface area contributed by atoms with Crippen molar-refractivity contribution < 1.29 is 0 Å². The largest absolute Gasteiger partial charge is 0.0964 e. The Morgan fingerprint density at radius 2 is 0.727 bits per heavy atom. The molecule has 22 heavy (non-hydrogen) atoms. The molecular weight excluding hydrogens is 307 g/mol. The lowest BCUT2D eigenvalue weighted by Crippen LogP contribution is -1.88. The average Bonchev–Trinajstić information content (AvgIpc) is 2.52. The third-order valence-corrected chi connectivity index (χ3v) is 7.13. The van der Waals surface area contributed by atoms with Gasteiger partial charge in [-0.05, 0) is 32.4 Å². The first-order valence-electron chi connectivity index (χ1n) is 10.2. The summed E-state index contributed by atoms with van der Waals surface area (Å²) < 4.78 is 0. The Morgan fingerprint density at radius 3 is 1.09 bits per heavy atom. The smallest absolute Gasteiger partial charge is 0.00973 e. The van der Waals surface area contributed by atoms with E-state index in [9.17, 15) is 0 Å². The Morgan fingerprint density at radius 1 is 0.455 bits per heavy atom. The molecule has 1 atom stereocenters. The first-order valence-corrected chi connectivity index (χ1v) is 12.8. The molecule has 0 nitrogen and oxygen atoms in total. The van der Waals surface area contributed by atoms with Gasteiger partial charge in [-0.2, -0.15) is 0 Å². The van der Waals surface area contributed by atoms with Crippen LogP contribution >= 0.6 is 18.5 Å². The molecule has 0 heterocycles. The highest BCUT2D eigenvalue weighted by Crippen LogP contribution is 2.43. The van der Waals surface area contributed by atoms with Crippen LogP contribution in [0.15, 0.2) is 0 Å². The number of hydrogen-bond donors (Lipinski definition) is 0. The molecule has 0 rings (SSSR count). The van der Waals surface area contributed by atoms with Crippen molar-refractivity contribution in [3.8, 4) is 0 Å². The lowest BCUT2D eigenvalue weighted by molar-refractivity contribution is 0.548. The molecule has 0 N–H and O–H groups in total. The van der Waals surface area contributed by atoms with Crippen LogP contribution < -0.4 is 0 Å². The average molecular weight is 349 g/mol. The van der Waals surface area contributed by atoms with Crippen molar-refractivity contribution in [2.24, 2.45) is 0 Å². The summed E-state index contributed by atoms with van der Waals surface area (Å²) in [6.45, 7) is 4.57. The Labute approximate surface area is 147 Å².